The molecule has 2 aromatic carbocycles. The predicted octanol–water partition coefficient (Wildman–Crippen LogP) is 4.22. The molecular weight excluding hydrogens is 260 g/mol. The number of nitrogens with one attached hydrogen (secondary N) is 2. The topological polar surface area (TPSA) is 41.1 Å². The van der Waals surface area contributed by atoms with Crippen molar-refractivity contribution < 1.29 is 4.79 Å². The Morgan fingerprint density at radius 3 is 2.32 bits per heavy atom. The van der Waals surface area contributed by atoms with Crippen LogP contribution in [-0.2, 0) is 0 Å². The molecule has 4 heteroatoms. The monoisotopic (exact) mass is 274 g/mol. The van der Waals surface area contributed by atoms with Crippen LogP contribution in [0.1, 0.15) is 18.5 Å². The second-order valence-corrected chi connectivity index (χ2v) is 4.67. The fraction of sp³-hybridized carbons (Fsp3) is 0.133. The zero-order valence-corrected chi connectivity index (χ0v) is 11.3. The minimum Gasteiger partial charge on any atom is -0.331 e. The Labute approximate surface area is 117 Å². The van der Waals surface area contributed by atoms with E-state index in [9.17, 15) is 4.79 Å². The van der Waals surface area contributed by atoms with Crippen LogP contribution in [0.3, 0.4) is 0 Å². The number of carbonyl (C=O) groups is 1. The Balaban J connectivity index is 1.93. The minimum atomic E-state index is -0.237. The van der Waals surface area contributed by atoms with E-state index in [1.165, 1.54) is 0 Å². The molecule has 0 saturated heterocycles. The molecule has 0 heterocycles. The van der Waals surface area contributed by atoms with Crippen LogP contribution in [0.25, 0.3) is 0 Å². The van der Waals surface area contributed by atoms with Gasteiger partial charge in [0.25, 0.3) is 0 Å². The van der Waals surface area contributed by atoms with Crippen molar-refractivity contribution in [2.75, 3.05) is 5.32 Å². The molecule has 3 nitrogen and oxygen atoms in total. The smallest absolute Gasteiger partial charge is 0.319 e. The van der Waals surface area contributed by atoms with E-state index < -0.39 is 0 Å². The van der Waals surface area contributed by atoms with Crippen molar-refractivity contribution in [3.05, 3.63) is 65.2 Å². The summed E-state index contributed by atoms with van der Waals surface area (Å²) >= 11 is 5.78. The molecule has 0 aromatic heterocycles. The number of halogens is 1. The van der Waals surface area contributed by atoms with Crippen molar-refractivity contribution in [2.24, 2.45) is 0 Å². The van der Waals surface area contributed by atoms with Crippen molar-refractivity contribution in [3.63, 3.8) is 0 Å². The summed E-state index contributed by atoms with van der Waals surface area (Å²) in [5, 5.41) is 6.28. The third-order valence-electron chi connectivity index (χ3n) is 2.75. The van der Waals surface area contributed by atoms with Crippen molar-refractivity contribution in [3.8, 4) is 0 Å². The fourth-order valence-corrected chi connectivity index (χ4v) is 1.85. The van der Waals surface area contributed by atoms with Crippen molar-refractivity contribution in [1.82, 2.24) is 5.32 Å². The number of amides is 2. The zero-order chi connectivity index (χ0) is 13.7. The molecule has 0 aliphatic carbocycles. The van der Waals surface area contributed by atoms with Gasteiger partial charge in [0.1, 0.15) is 0 Å². The van der Waals surface area contributed by atoms with Gasteiger partial charge >= 0.3 is 6.03 Å². The van der Waals surface area contributed by atoms with Crippen molar-refractivity contribution in [2.45, 2.75) is 13.0 Å². The number of hydrogen-bond acceptors (Lipinski definition) is 1. The highest BCUT2D eigenvalue weighted by Gasteiger charge is 2.08. The quantitative estimate of drug-likeness (QED) is 0.864. The molecule has 2 N–H and O–H groups in total. The zero-order valence-electron chi connectivity index (χ0n) is 10.6. The number of rotatable bonds is 3. The van der Waals surface area contributed by atoms with Crippen LogP contribution in [0.15, 0.2) is 54.6 Å². The number of carbonyl (C=O) groups excluding carboxylic acids is 1. The maximum atomic E-state index is 11.8. The molecule has 0 aliphatic rings. The Hall–Kier alpha value is -2.00. The van der Waals surface area contributed by atoms with E-state index >= 15 is 0 Å². The molecule has 0 aliphatic heterocycles. The van der Waals surface area contributed by atoms with Gasteiger partial charge in [0, 0.05) is 10.7 Å². The summed E-state index contributed by atoms with van der Waals surface area (Å²) in [7, 11) is 0. The predicted molar refractivity (Wildman–Crippen MR) is 78.5 cm³/mol. The molecule has 0 fully saturated rings. The van der Waals surface area contributed by atoms with Gasteiger partial charge in [0.05, 0.1) is 6.04 Å². The van der Waals surface area contributed by atoms with E-state index in [0.717, 1.165) is 5.56 Å². The third kappa shape index (κ3) is 4.00. The molecule has 19 heavy (non-hydrogen) atoms. The number of hydrogen-bond donors (Lipinski definition) is 2. The lowest BCUT2D eigenvalue weighted by Crippen LogP contribution is -2.31. The van der Waals surface area contributed by atoms with Gasteiger partial charge < -0.3 is 10.6 Å². The van der Waals surface area contributed by atoms with E-state index in [0.29, 0.717) is 10.7 Å². The van der Waals surface area contributed by atoms with Crippen molar-refractivity contribution >= 4 is 23.3 Å². The van der Waals surface area contributed by atoms with Crippen molar-refractivity contribution in [1.29, 1.82) is 0 Å². The highest BCUT2D eigenvalue weighted by molar-refractivity contribution is 6.30. The summed E-state index contributed by atoms with van der Waals surface area (Å²) in [5.74, 6) is 0. The van der Waals surface area contributed by atoms with Gasteiger partial charge in [-0.2, -0.15) is 0 Å². The third-order valence-corrected chi connectivity index (χ3v) is 3.00. The van der Waals surface area contributed by atoms with Crippen LogP contribution < -0.4 is 10.6 Å². The summed E-state index contributed by atoms with van der Waals surface area (Å²) in [5.41, 5.74) is 1.77. The number of benzene rings is 2. The average Bonchev–Trinajstić information content (AvgIpc) is 2.42. The van der Waals surface area contributed by atoms with E-state index in [-0.39, 0.29) is 12.1 Å². The molecule has 0 spiro atoms. The summed E-state index contributed by atoms with van der Waals surface area (Å²) in [6, 6.07) is 16.5. The first kappa shape index (κ1) is 13.4. The Bertz CT molecular complexity index is 540. The van der Waals surface area contributed by atoms with E-state index in [1.54, 1.807) is 24.3 Å². The molecule has 2 amide bonds. The summed E-state index contributed by atoms with van der Waals surface area (Å²) in [6.07, 6.45) is 0. The van der Waals surface area contributed by atoms with Crippen LogP contribution in [-0.4, -0.2) is 6.03 Å². The first-order valence-electron chi connectivity index (χ1n) is 6.03. The van der Waals surface area contributed by atoms with Gasteiger partial charge in [-0.3, -0.25) is 0 Å². The van der Waals surface area contributed by atoms with E-state index in [2.05, 4.69) is 10.6 Å². The second kappa shape index (κ2) is 6.25. The maximum Gasteiger partial charge on any atom is 0.319 e. The van der Waals surface area contributed by atoms with Gasteiger partial charge in [0.15, 0.2) is 0 Å². The Kier molecular flexibility index (Phi) is 4.42. The van der Waals surface area contributed by atoms with Crippen LogP contribution >= 0.6 is 11.6 Å². The Morgan fingerprint density at radius 1 is 1.05 bits per heavy atom. The highest BCUT2D eigenvalue weighted by Crippen LogP contribution is 2.14. The largest absolute Gasteiger partial charge is 0.331 e. The molecule has 2 aromatic rings. The SMILES string of the molecule is C[C@H](NC(=O)Nc1ccc(Cl)cc1)c1ccccc1. The first-order chi connectivity index (χ1) is 9.15. The van der Waals surface area contributed by atoms with Crippen LogP contribution in [0.5, 0.6) is 0 Å². The molecule has 0 radical (unpaired) electrons. The molecule has 1 atom stereocenters. The molecule has 98 valence electrons. The van der Waals surface area contributed by atoms with Crippen LogP contribution in [0.2, 0.25) is 5.02 Å². The van der Waals surface area contributed by atoms with E-state index in [4.69, 9.17) is 11.6 Å². The highest BCUT2D eigenvalue weighted by atomic mass is 35.5. The lowest BCUT2D eigenvalue weighted by Gasteiger charge is -2.15. The van der Waals surface area contributed by atoms with Gasteiger partial charge in [-0.15, -0.1) is 0 Å². The number of anilines is 1. The summed E-state index contributed by atoms with van der Waals surface area (Å²) in [4.78, 5) is 11.8. The minimum absolute atomic E-state index is 0.0477. The standard InChI is InChI=1S/C15H15ClN2O/c1-11(12-5-3-2-4-6-12)17-15(19)18-14-9-7-13(16)8-10-14/h2-11H,1H3,(H2,17,18,19)/t11-/m0/s1. The fourth-order valence-electron chi connectivity index (χ4n) is 1.72. The molecular formula is C15H15ClN2O. The normalized spacial score (nSPS) is 11.7. The summed E-state index contributed by atoms with van der Waals surface area (Å²) in [6.45, 7) is 1.94. The average molecular weight is 275 g/mol. The molecule has 0 saturated carbocycles. The van der Waals surface area contributed by atoms with Gasteiger partial charge in [-0.05, 0) is 36.8 Å². The summed E-state index contributed by atoms with van der Waals surface area (Å²) < 4.78 is 0. The second-order valence-electron chi connectivity index (χ2n) is 4.24. The molecule has 0 unspecified atom stereocenters. The number of urea groups is 1. The lowest BCUT2D eigenvalue weighted by molar-refractivity contribution is 0.249. The maximum absolute atomic E-state index is 11.8. The van der Waals surface area contributed by atoms with Gasteiger partial charge in [0.2, 0.25) is 0 Å². The molecule has 0 bridgehead atoms. The molecule has 2 rings (SSSR count). The van der Waals surface area contributed by atoms with Crippen LogP contribution in [0, 0.1) is 0 Å². The lowest BCUT2D eigenvalue weighted by atomic mass is 10.1. The van der Waals surface area contributed by atoms with Crippen LogP contribution in [0.4, 0.5) is 10.5 Å². The van der Waals surface area contributed by atoms with Gasteiger partial charge in [-0.25, -0.2) is 4.79 Å². The first-order valence-corrected chi connectivity index (χ1v) is 6.41. The Morgan fingerprint density at radius 2 is 1.68 bits per heavy atom. The van der Waals surface area contributed by atoms with Gasteiger partial charge in [-0.1, -0.05) is 41.9 Å². The van der Waals surface area contributed by atoms with E-state index in [1.807, 2.05) is 37.3 Å².